The van der Waals surface area contributed by atoms with Crippen molar-refractivity contribution in [3.05, 3.63) is 41.3 Å². The smallest absolute Gasteiger partial charge is 0.189 e. The molecule has 0 amide bonds. The van der Waals surface area contributed by atoms with E-state index in [2.05, 4.69) is 29.3 Å². The van der Waals surface area contributed by atoms with Crippen LogP contribution in [0.3, 0.4) is 0 Å². The SMILES string of the molecule is CCC(CC)c1cc(CNC(N)=NCc2ccc(OC)c(OC)c2)on1.I. The number of benzene rings is 1. The first-order chi connectivity index (χ1) is 12.6. The Hall–Kier alpha value is -1.97. The molecule has 0 radical (unpaired) electrons. The second-order valence-electron chi connectivity index (χ2n) is 5.98. The van der Waals surface area contributed by atoms with Crippen LogP contribution in [-0.4, -0.2) is 25.3 Å². The molecule has 1 heterocycles. The Bertz CT molecular complexity index is 729. The first kappa shape index (κ1) is 23.1. The Kier molecular flexibility index (Phi) is 9.98. The molecule has 0 aliphatic rings. The van der Waals surface area contributed by atoms with E-state index in [1.165, 1.54) is 0 Å². The number of halogens is 1. The van der Waals surface area contributed by atoms with Crippen LogP contribution in [-0.2, 0) is 13.1 Å². The molecule has 0 atom stereocenters. The van der Waals surface area contributed by atoms with Crippen LogP contribution < -0.4 is 20.5 Å². The van der Waals surface area contributed by atoms with Crippen LogP contribution >= 0.6 is 24.0 Å². The molecule has 0 spiro atoms. The molecule has 0 aliphatic carbocycles. The topological polar surface area (TPSA) is 94.9 Å². The zero-order valence-corrected chi connectivity index (χ0v) is 18.7. The van der Waals surface area contributed by atoms with Gasteiger partial charge in [0.1, 0.15) is 0 Å². The molecule has 0 saturated carbocycles. The molecule has 7 nitrogen and oxygen atoms in total. The summed E-state index contributed by atoms with van der Waals surface area (Å²) in [5, 5.41) is 7.19. The Morgan fingerprint density at radius 3 is 2.52 bits per heavy atom. The molecule has 2 aromatic rings. The minimum Gasteiger partial charge on any atom is -0.493 e. The maximum atomic E-state index is 5.94. The minimum absolute atomic E-state index is 0. The third-order valence-electron chi connectivity index (χ3n) is 4.30. The van der Waals surface area contributed by atoms with Crippen LogP contribution in [0.4, 0.5) is 0 Å². The predicted molar refractivity (Wildman–Crippen MR) is 117 cm³/mol. The summed E-state index contributed by atoms with van der Waals surface area (Å²) in [6.07, 6.45) is 2.09. The van der Waals surface area contributed by atoms with Gasteiger partial charge in [0, 0.05) is 12.0 Å². The number of nitrogens with zero attached hydrogens (tertiary/aromatic N) is 2. The molecule has 1 aromatic carbocycles. The maximum Gasteiger partial charge on any atom is 0.189 e. The summed E-state index contributed by atoms with van der Waals surface area (Å²) in [7, 11) is 3.21. The van der Waals surface area contributed by atoms with E-state index in [9.17, 15) is 0 Å². The van der Waals surface area contributed by atoms with E-state index in [-0.39, 0.29) is 24.0 Å². The first-order valence-corrected chi connectivity index (χ1v) is 8.81. The van der Waals surface area contributed by atoms with Gasteiger partial charge in [-0.15, -0.1) is 24.0 Å². The fourth-order valence-electron chi connectivity index (χ4n) is 2.70. The number of hydrogen-bond acceptors (Lipinski definition) is 5. The van der Waals surface area contributed by atoms with E-state index in [0.29, 0.717) is 36.5 Å². The van der Waals surface area contributed by atoms with Crippen molar-refractivity contribution in [1.29, 1.82) is 0 Å². The summed E-state index contributed by atoms with van der Waals surface area (Å²) in [6.45, 7) is 5.20. The Morgan fingerprint density at radius 2 is 1.89 bits per heavy atom. The van der Waals surface area contributed by atoms with Crippen molar-refractivity contribution in [2.24, 2.45) is 10.7 Å². The molecule has 8 heteroatoms. The normalized spacial score (nSPS) is 11.2. The zero-order valence-electron chi connectivity index (χ0n) is 16.3. The molecule has 3 N–H and O–H groups in total. The Balaban J connectivity index is 0.00000364. The minimum atomic E-state index is 0. The van der Waals surface area contributed by atoms with E-state index < -0.39 is 0 Å². The van der Waals surface area contributed by atoms with Crippen molar-refractivity contribution in [3.8, 4) is 11.5 Å². The van der Waals surface area contributed by atoms with Crippen LogP contribution in [0.15, 0.2) is 33.8 Å². The molecule has 0 aliphatic heterocycles. The van der Waals surface area contributed by atoms with Gasteiger partial charge < -0.3 is 25.0 Å². The first-order valence-electron chi connectivity index (χ1n) is 8.81. The predicted octanol–water partition coefficient (Wildman–Crippen LogP) is 3.82. The third-order valence-corrected chi connectivity index (χ3v) is 4.30. The lowest BCUT2D eigenvalue weighted by Crippen LogP contribution is -2.31. The number of rotatable bonds is 9. The number of guanidine groups is 1. The fourth-order valence-corrected chi connectivity index (χ4v) is 2.70. The van der Waals surface area contributed by atoms with Gasteiger partial charge in [-0.3, -0.25) is 0 Å². The van der Waals surface area contributed by atoms with Gasteiger partial charge in [0.2, 0.25) is 0 Å². The van der Waals surface area contributed by atoms with E-state index in [4.69, 9.17) is 19.7 Å². The number of hydrogen-bond donors (Lipinski definition) is 2. The van der Waals surface area contributed by atoms with Gasteiger partial charge in [0.05, 0.1) is 33.0 Å². The number of aliphatic imine (C=N–C) groups is 1. The van der Waals surface area contributed by atoms with Gasteiger partial charge in [0.15, 0.2) is 23.2 Å². The van der Waals surface area contributed by atoms with Crippen molar-refractivity contribution in [2.75, 3.05) is 14.2 Å². The standard InChI is InChI=1S/C19H28N4O3.HI/c1-5-14(6-2)16-10-15(26-23-16)12-22-19(20)21-11-13-7-8-17(24-3)18(9-13)25-4;/h7-10,14H,5-6,11-12H2,1-4H3,(H3,20,21,22);1H. The summed E-state index contributed by atoms with van der Waals surface area (Å²) in [6, 6.07) is 7.64. The number of nitrogens with two attached hydrogens (primary N) is 1. The average molecular weight is 488 g/mol. The average Bonchev–Trinajstić information content (AvgIpc) is 3.14. The van der Waals surface area contributed by atoms with Crippen LogP contribution in [0, 0.1) is 0 Å². The number of ether oxygens (including phenoxy) is 2. The molecule has 0 bridgehead atoms. The summed E-state index contributed by atoms with van der Waals surface area (Å²) in [5.74, 6) is 2.88. The summed E-state index contributed by atoms with van der Waals surface area (Å²) >= 11 is 0. The van der Waals surface area contributed by atoms with E-state index in [0.717, 1.165) is 29.9 Å². The summed E-state index contributed by atoms with van der Waals surface area (Å²) in [5.41, 5.74) is 7.90. The van der Waals surface area contributed by atoms with Gasteiger partial charge in [-0.2, -0.15) is 0 Å². The zero-order chi connectivity index (χ0) is 18.9. The van der Waals surface area contributed by atoms with E-state index in [1.807, 2.05) is 24.3 Å². The van der Waals surface area contributed by atoms with Crippen molar-refractivity contribution in [3.63, 3.8) is 0 Å². The second kappa shape index (κ2) is 11.7. The third kappa shape index (κ3) is 6.60. The van der Waals surface area contributed by atoms with Gasteiger partial charge in [-0.1, -0.05) is 25.1 Å². The van der Waals surface area contributed by atoms with Crippen molar-refractivity contribution < 1.29 is 14.0 Å². The lowest BCUT2D eigenvalue weighted by Gasteiger charge is -2.09. The van der Waals surface area contributed by atoms with E-state index in [1.54, 1.807) is 14.2 Å². The molecule has 0 unspecified atom stereocenters. The summed E-state index contributed by atoms with van der Waals surface area (Å²) in [4.78, 5) is 4.34. The molecule has 2 rings (SSSR count). The van der Waals surface area contributed by atoms with E-state index >= 15 is 0 Å². The Labute approximate surface area is 177 Å². The number of methoxy groups -OCH3 is 2. The summed E-state index contributed by atoms with van der Waals surface area (Å²) < 4.78 is 15.9. The largest absolute Gasteiger partial charge is 0.493 e. The van der Waals surface area contributed by atoms with Gasteiger partial charge in [-0.25, -0.2) is 4.99 Å². The number of aromatic nitrogens is 1. The lowest BCUT2D eigenvalue weighted by atomic mass is 9.99. The molecule has 0 fully saturated rings. The van der Waals surface area contributed by atoms with Gasteiger partial charge in [-0.05, 0) is 30.5 Å². The number of nitrogens with one attached hydrogen (secondary N) is 1. The maximum absolute atomic E-state index is 5.94. The van der Waals surface area contributed by atoms with Crippen LogP contribution in [0.1, 0.15) is 49.6 Å². The van der Waals surface area contributed by atoms with Crippen molar-refractivity contribution >= 4 is 29.9 Å². The molecular formula is C19H29IN4O3. The fraction of sp³-hybridized carbons (Fsp3) is 0.474. The Morgan fingerprint density at radius 1 is 1.19 bits per heavy atom. The van der Waals surface area contributed by atoms with Crippen molar-refractivity contribution in [1.82, 2.24) is 10.5 Å². The molecule has 27 heavy (non-hydrogen) atoms. The molecule has 150 valence electrons. The van der Waals surface area contributed by atoms with Crippen molar-refractivity contribution in [2.45, 2.75) is 45.7 Å². The quantitative estimate of drug-likeness (QED) is 0.317. The van der Waals surface area contributed by atoms with Crippen LogP contribution in [0.25, 0.3) is 0 Å². The monoisotopic (exact) mass is 488 g/mol. The second-order valence-corrected chi connectivity index (χ2v) is 5.98. The van der Waals surface area contributed by atoms with Gasteiger partial charge in [0.25, 0.3) is 0 Å². The highest BCUT2D eigenvalue weighted by atomic mass is 127. The highest BCUT2D eigenvalue weighted by Gasteiger charge is 2.12. The van der Waals surface area contributed by atoms with Crippen LogP contribution in [0.2, 0.25) is 0 Å². The molecule has 1 aromatic heterocycles. The van der Waals surface area contributed by atoms with Gasteiger partial charge >= 0.3 is 0 Å². The highest BCUT2D eigenvalue weighted by molar-refractivity contribution is 14.0. The lowest BCUT2D eigenvalue weighted by molar-refractivity contribution is 0.354. The van der Waals surface area contributed by atoms with Crippen LogP contribution in [0.5, 0.6) is 11.5 Å². The highest BCUT2D eigenvalue weighted by Crippen LogP contribution is 2.27. The molecule has 0 saturated heterocycles. The molecular weight excluding hydrogens is 459 g/mol.